The minimum Gasteiger partial charge on any atom is -0.497 e. The van der Waals surface area contributed by atoms with Gasteiger partial charge in [0.1, 0.15) is 11.5 Å². The summed E-state index contributed by atoms with van der Waals surface area (Å²) in [6, 6.07) is 15.5. The summed E-state index contributed by atoms with van der Waals surface area (Å²) in [4.78, 5) is 17.0. The van der Waals surface area contributed by atoms with Crippen molar-refractivity contribution in [2.24, 2.45) is 0 Å². The van der Waals surface area contributed by atoms with Crippen LogP contribution in [0.15, 0.2) is 53.6 Å². The predicted molar refractivity (Wildman–Crippen MR) is 110 cm³/mol. The molecule has 0 radical (unpaired) electrons. The quantitative estimate of drug-likeness (QED) is 0.601. The number of hydrogen-bond acceptors (Lipinski definition) is 5. The van der Waals surface area contributed by atoms with Crippen LogP contribution in [0.1, 0.15) is 12.0 Å². The van der Waals surface area contributed by atoms with Crippen LogP contribution in [0, 0.1) is 6.92 Å². The van der Waals surface area contributed by atoms with E-state index in [1.807, 2.05) is 18.2 Å². The van der Waals surface area contributed by atoms with Crippen molar-refractivity contribution in [1.82, 2.24) is 4.98 Å². The van der Waals surface area contributed by atoms with E-state index in [-0.39, 0.29) is 5.91 Å². The van der Waals surface area contributed by atoms with E-state index in [4.69, 9.17) is 9.47 Å². The molecular weight excluding hydrogens is 360 g/mol. The lowest BCUT2D eigenvalue weighted by atomic mass is 10.1. The number of rotatable bonds is 7. The van der Waals surface area contributed by atoms with Gasteiger partial charge in [0.05, 0.1) is 30.4 Å². The minimum absolute atomic E-state index is 0.0773. The standard InChI is InChI=1S/C21H22N2O3S/c1-14-12-21(23-17-7-5-4-6-16(14)17)27-11-10-20(24)22-18-13-15(25-2)8-9-19(18)26-3/h4-9,12-13H,10-11H2,1-3H3,(H,22,24). The van der Waals surface area contributed by atoms with Gasteiger partial charge < -0.3 is 14.8 Å². The number of aromatic nitrogens is 1. The summed E-state index contributed by atoms with van der Waals surface area (Å²) in [5, 5.41) is 4.97. The van der Waals surface area contributed by atoms with Crippen molar-refractivity contribution in [3.63, 3.8) is 0 Å². The second kappa shape index (κ2) is 8.77. The summed E-state index contributed by atoms with van der Waals surface area (Å²) in [7, 11) is 3.16. The molecule has 0 fully saturated rings. The number of ether oxygens (including phenoxy) is 2. The monoisotopic (exact) mass is 382 g/mol. The topological polar surface area (TPSA) is 60.5 Å². The Hall–Kier alpha value is -2.73. The average Bonchev–Trinajstić information content (AvgIpc) is 2.68. The second-order valence-corrected chi connectivity index (χ2v) is 7.12. The lowest BCUT2D eigenvalue weighted by Crippen LogP contribution is -2.13. The number of carbonyl (C=O) groups is 1. The van der Waals surface area contributed by atoms with Crippen LogP contribution in [0.3, 0.4) is 0 Å². The normalized spacial score (nSPS) is 10.6. The van der Waals surface area contributed by atoms with Gasteiger partial charge in [0.25, 0.3) is 0 Å². The summed E-state index contributed by atoms with van der Waals surface area (Å²) in [5.41, 5.74) is 2.77. The number of benzene rings is 2. The summed E-state index contributed by atoms with van der Waals surface area (Å²) in [6.45, 7) is 2.08. The largest absolute Gasteiger partial charge is 0.497 e. The van der Waals surface area contributed by atoms with Gasteiger partial charge in [-0.1, -0.05) is 18.2 Å². The van der Waals surface area contributed by atoms with Gasteiger partial charge in [0.2, 0.25) is 5.91 Å². The number of anilines is 1. The van der Waals surface area contributed by atoms with E-state index < -0.39 is 0 Å². The fourth-order valence-electron chi connectivity index (χ4n) is 2.77. The fourth-order valence-corrected chi connectivity index (χ4v) is 3.68. The van der Waals surface area contributed by atoms with Crippen molar-refractivity contribution < 1.29 is 14.3 Å². The first-order valence-corrected chi connectivity index (χ1v) is 9.60. The number of amides is 1. The highest BCUT2D eigenvalue weighted by atomic mass is 32.2. The van der Waals surface area contributed by atoms with Gasteiger partial charge in [-0.3, -0.25) is 4.79 Å². The number of methoxy groups -OCH3 is 2. The van der Waals surface area contributed by atoms with Crippen molar-refractivity contribution in [1.29, 1.82) is 0 Å². The minimum atomic E-state index is -0.0773. The van der Waals surface area contributed by atoms with E-state index >= 15 is 0 Å². The van der Waals surface area contributed by atoms with Gasteiger partial charge in [-0.25, -0.2) is 4.98 Å². The van der Waals surface area contributed by atoms with E-state index in [2.05, 4.69) is 29.4 Å². The molecule has 140 valence electrons. The molecule has 1 amide bonds. The smallest absolute Gasteiger partial charge is 0.225 e. The van der Waals surface area contributed by atoms with Crippen molar-refractivity contribution in [3.8, 4) is 11.5 Å². The van der Waals surface area contributed by atoms with E-state index in [0.29, 0.717) is 29.4 Å². The SMILES string of the molecule is COc1ccc(OC)c(NC(=O)CCSc2cc(C)c3ccccc3n2)c1. The molecule has 0 spiro atoms. The molecule has 0 aliphatic heterocycles. The molecule has 1 aromatic heterocycles. The highest BCUT2D eigenvalue weighted by Crippen LogP contribution is 2.29. The third-order valence-corrected chi connectivity index (χ3v) is 5.07. The van der Waals surface area contributed by atoms with Crippen LogP contribution < -0.4 is 14.8 Å². The van der Waals surface area contributed by atoms with Crippen LogP contribution >= 0.6 is 11.8 Å². The number of para-hydroxylation sites is 1. The molecule has 1 heterocycles. The fraction of sp³-hybridized carbons (Fsp3) is 0.238. The number of nitrogens with zero attached hydrogens (tertiary/aromatic N) is 1. The maximum atomic E-state index is 12.3. The van der Waals surface area contributed by atoms with Gasteiger partial charge >= 0.3 is 0 Å². The molecule has 0 bridgehead atoms. The molecule has 0 saturated heterocycles. The number of thioether (sulfide) groups is 1. The van der Waals surface area contributed by atoms with Gasteiger partial charge in [-0.05, 0) is 36.8 Å². The van der Waals surface area contributed by atoms with E-state index in [1.165, 1.54) is 5.56 Å². The van der Waals surface area contributed by atoms with Gasteiger partial charge in [0, 0.05) is 23.6 Å². The Morgan fingerprint density at radius 1 is 1.11 bits per heavy atom. The Morgan fingerprint density at radius 3 is 2.70 bits per heavy atom. The van der Waals surface area contributed by atoms with Crippen molar-refractivity contribution in [2.45, 2.75) is 18.4 Å². The average molecular weight is 382 g/mol. The van der Waals surface area contributed by atoms with Gasteiger partial charge in [0.15, 0.2) is 0 Å². The molecule has 0 saturated carbocycles. The molecule has 1 N–H and O–H groups in total. The molecule has 0 aliphatic rings. The Kier molecular flexibility index (Phi) is 6.19. The maximum Gasteiger partial charge on any atom is 0.225 e. The molecule has 5 nitrogen and oxygen atoms in total. The van der Waals surface area contributed by atoms with Crippen LogP contribution in [0.5, 0.6) is 11.5 Å². The van der Waals surface area contributed by atoms with Crippen molar-refractivity contribution in [3.05, 3.63) is 54.1 Å². The molecule has 0 unspecified atom stereocenters. The van der Waals surface area contributed by atoms with Gasteiger partial charge in [-0.15, -0.1) is 11.8 Å². The molecule has 0 aliphatic carbocycles. The van der Waals surface area contributed by atoms with Gasteiger partial charge in [-0.2, -0.15) is 0 Å². The highest BCUT2D eigenvalue weighted by molar-refractivity contribution is 7.99. The summed E-state index contributed by atoms with van der Waals surface area (Å²) < 4.78 is 10.5. The molecule has 6 heteroatoms. The maximum absolute atomic E-state index is 12.3. The first-order valence-electron chi connectivity index (χ1n) is 8.62. The Balaban J connectivity index is 1.60. The molecular formula is C21H22N2O3S. The third-order valence-electron chi connectivity index (χ3n) is 4.16. The van der Waals surface area contributed by atoms with Crippen molar-refractivity contribution in [2.75, 3.05) is 25.3 Å². The Morgan fingerprint density at radius 2 is 1.93 bits per heavy atom. The number of nitrogens with one attached hydrogen (secondary N) is 1. The van der Waals surface area contributed by atoms with E-state index in [0.717, 1.165) is 15.9 Å². The summed E-state index contributed by atoms with van der Waals surface area (Å²) in [6.07, 6.45) is 0.374. The van der Waals surface area contributed by atoms with E-state index in [9.17, 15) is 4.79 Å². The zero-order valence-electron chi connectivity index (χ0n) is 15.6. The number of fused-ring (bicyclic) bond motifs is 1. The molecule has 2 aromatic carbocycles. The number of pyridine rings is 1. The number of aryl methyl sites for hydroxylation is 1. The predicted octanol–water partition coefficient (Wildman–Crippen LogP) is 4.68. The summed E-state index contributed by atoms with van der Waals surface area (Å²) >= 11 is 1.58. The molecule has 3 aromatic rings. The van der Waals surface area contributed by atoms with Crippen LogP contribution in [0.2, 0.25) is 0 Å². The number of hydrogen-bond donors (Lipinski definition) is 1. The zero-order valence-corrected chi connectivity index (χ0v) is 16.4. The zero-order chi connectivity index (χ0) is 19.2. The molecule has 3 rings (SSSR count). The Labute approximate surface area is 163 Å². The van der Waals surface area contributed by atoms with E-state index in [1.54, 1.807) is 44.2 Å². The first-order chi connectivity index (χ1) is 13.1. The molecule has 27 heavy (non-hydrogen) atoms. The second-order valence-electron chi connectivity index (χ2n) is 6.01. The summed E-state index contributed by atoms with van der Waals surface area (Å²) in [5.74, 6) is 1.83. The van der Waals surface area contributed by atoms with Crippen LogP contribution in [0.25, 0.3) is 10.9 Å². The third kappa shape index (κ3) is 4.71. The van der Waals surface area contributed by atoms with Crippen molar-refractivity contribution >= 4 is 34.3 Å². The lowest BCUT2D eigenvalue weighted by molar-refractivity contribution is -0.115. The molecule has 0 atom stereocenters. The van der Waals surface area contributed by atoms with Crippen LogP contribution in [-0.2, 0) is 4.79 Å². The van der Waals surface area contributed by atoms with Crippen LogP contribution in [0.4, 0.5) is 5.69 Å². The van der Waals surface area contributed by atoms with Crippen LogP contribution in [-0.4, -0.2) is 30.9 Å². The Bertz CT molecular complexity index is 959. The lowest BCUT2D eigenvalue weighted by Gasteiger charge is -2.11. The number of carbonyl (C=O) groups excluding carboxylic acids is 1. The first kappa shape index (κ1) is 19.0. The highest BCUT2D eigenvalue weighted by Gasteiger charge is 2.10.